The smallest absolute Gasteiger partial charge is 0.224 e. The predicted molar refractivity (Wildman–Crippen MR) is 95.1 cm³/mol. The van der Waals surface area contributed by atoms with E-state index in [2.05, 4.69) is 45.2 Å². The van der Waals surface area contributed by atoms with E-state index in [-0.39, 0.29) is 17.0 Å². The van der Waals surface area contributed by atoms with Gasteiger partial charge in [0.15, 0.2) is 8.32 Å². The lowest BCUT2D eigenvalue weighted by molar-refractivity contribution is -0.116. The summed E-state index contributed by atoms with van der Waals surface area (Å²) in [5, 5.41) is 3.06. The Hall–Kier alpha value is -0.843. The highest BCUT2D eigenvalue weighted by Crippen LogP contribution is 2.40. The van der Waals surface area contributed by atoms with Gasteiger partial charge in [-0.3, -0.25) is 4.79 Å². The lowest BCUT2D eigenvalue weighted by Gasteiger charge is -2.39. The fourth-order valence-corrected chi connectivity index (χ4v) is 3.96. The second-order valence-electron chi connectivity index (χ2n) is 7.49. The van der Waals surface area contributed by atoms with Crippen LogP contribution < -0.4 is 5.32 Å². The van der Waals surface area contributed by atoms with Gasteiger partial charge in [0.25, 0.3) is 0 Å². The Kier molecular flexibility index (Phi) is 5.05. The molecule has 0 aromatic heterocycles. The lowest BCUT2D eigenvalue weighted by atomic mass is 9.99. The first-order chi connectivity index (χ1) is 10.1. The van der Waals surface area contributed by atoms with Crippen LogP contribution in [0, 0.1) is 0 Å². The molecule has 0 saturated heterocycles. The summed E-state index contributed by atoms with van der Waals surface area (Å²) < 4.78 is 6.47. The summed E-state index contributed by atoms with van der Waals surface area (Å²) in [5.41, 5.74) is 3.20. The molecule has 1 N–H and O–H groups in total. The molecule has 0 radical (unpaired) electrons. The van der Waals surface area contributed by atoms with Gasteiger partial charge >= 0.3 is 0 Å². The first kappa shape index (κ1) is 17.5. The Labute approximate surface area is 139 Å². The summed E-state index contributed by atoms with van der Waals surface area (Å²) in [6.45, 7) is 11.2. The van der Waals surface area contributed by atoms with Crippen molar-refractivity contribution in [3.05, 3.63) is 29.3 Å². The molecule has 0 spiro atoms. The van der Waals surface area contributed by atoms with Crippen LogP contribution in [0.2, 0.25) is 18.1 Å². The van der Waals surface area contributed by atoms with Crippen LogP contribution in [0.3, 0.4) is 0 Å². The number of nitrogens with one attached hydrogen (secondary N) is 1. The molecule has 1 aromatic rings. The Morgan fingerprint density at radius 3 is 2.59 bits per heavy atom. The van der Waals surface area contributed by atoms with Gasteiger partial charge in [-0.05, 0) is 41.7 Å². The van der Waals surface area contributed by atoms with Crippen LogP contribution >= 0.6 is 11.6 Å². The number of anilines is 1. The summed E-state index contributed by atoms with van der Waals surface area (Å²) in [6, 6.07) is 6.12. The topological polar surface area (TPSA) is 38.3 Å². The first-order valence-electron chi connectivity index (χ1n) is 7.80. The molecule has 0 fully saturated rings. The lowest BCUT2D eigenvalue weighted by Crippen LogP contribution is -2.42. The maximum Gasteiger partial charge on any atom is 0.224 e. The van der Waals surface area contributed by atoms with Crippen molar-refractivity contribution in [3.8, 4) is 0 Å². The fraction of sp³-hybridized carbons (Fsp3) is 0.588. The third kappa shape index (κ3) is 3.73. The number of carbonyl (C=O) groups is 1. The molecular weight excluding hydrogens is 314 g/mol. The third-order valence-corrected chi connectivity index (χ3v) is 9.55. The summed E-state index contributed by atoms with van der Waals surface area (Å²) in [4.78, 5) is 11.4. The zero-order valence-corrected chi connectivity index (χ0v) is 15.9. The molecule has 0 bridgehead atoms. The van der Waals surface area contributed by atoms with Gasteiger partial charge < -0.3 is 9.74 Å². The summed E-state index contributed by atoms with van der Waals surface area (Å²) in [7, 11) is -1.87. The number of amides is 1. The number of alkyl halides is 1. The van der Waals surface area contributed by atoms with Crippen LogP contribution in [0.5, 0.6) is 0 Å². The van der Waals surface area contributed by atoms with Crippen molar-refractivity contribution in [2.75, 3.05) is 11.2 Å². The molecule has 1 amide bonds. The predicted octanol–water partition coefficient (Wildman–Crippen LogP) is 4.87. The number of benzene rings is 1. The van der Waals surface area contributed by atoms with Crippen molar-refractivity contribution in [1.82, 2.24) is 0 Å². The van der Waals surface area contributed by atoms with E-state index in [1.54, 1.807) is 0 Å². The standard InChI is InChI=1S/C17H26ClNO2Si/c1-17(2,3)22(4,5)21-15(11-18)13-6-8-14-12(10-13)7-9-16(20)19-14/h6,8,10,15H,7,9,11H2,1-5H3,(H,19,20)/t15-/m0/s1. The van der Waals surface area contributed by atoms with E-state index < -0.39 is 8.32 Å². The minimum Gasteiger partial charge on any atom is -0.409 e. The van der Waals surface area contributed by atoms with E-state index in [1.807, 2.05) is 12.1 Å². The molecule has 22 heavy (non-hydrogen) atoms. The largest absolute Gasteiger partial charge is 0.409 e. The maximum absolute atomic E-state index is 11.4. The number of carbonyl (C=O) groups excluding carboxylic acids is 1. The molecule has 2 rings (SSSR count). The van der Waals surface area contributed by atoms with Crippen LogP contribution in [-0.4, -0.2) is 20.1 Å². The number of halogens is 1. The summed E-state index contributed by atoms with van der Waals surface area (Å²) in [6.07, 6.45) is 1.24. The SMILES string of the molecule is CC(C)(C)[Si](C)(C)O[C@@H](CCl)c1ccc2c(c1)CCC(=O)N2. The molecule has 122 valence electrons. The van der Waals surface area contributed by atoms with Gasteiger partial charge in [0, 0.05) is 12.1 Å². The molecule has 1 aliphatic heterocycles. The average Bonchev–Trinajstić information content (AvgIpc) is 2.43. The number of hydrogen-bond acceptors (Lipinski definition) is 2. The van der Waals surface area contributed by atoms with E-state index in [1.165, 1.54) is 5.56 Å². The molecule has 3 nitrogen and oxygen atoms in total. The fourth-order valence-electron chi connectivity index (χ4n) is 2.32. The highest BCUT2D eigenvalue weighted by Gasteiger charge is 2.39. The Bertz CT molecular complexity index is 566. The normalized spacial score (nSPS) is 16.9. The van der Waals surface area contributed by atoms with Crippen molar-refractivity contribution in [2.45, 2.75) is 57.8 Å². The van der Waals surface area contributed by atoms with Crippen molar-refractivity contribution >= 4 is 31.5 Å². The first-order valence-corrected chi connectivity index (χ1v) is 11.2. The van der Waals surface area contributed by atoms with Gasteiger partial charge in [-0.2, -0.15) is 0 Å². The molecule has 0 aliphatic carbocycles. The zero-order chi connectivity index (χ0) is 16.5. The Morgan fingerprint density at radius 2 is 2.00 bits per heavy atom. The van der Waals surface area contributed by atoms with E-state index in [0.717, 1.165) is 17.7 Å². The van der Waals surface area contributed by atoms with Crippen molar-refractivity contribution in [3.63, 3.8) is 0 Å². The van der Waals surface area contributed by atoms with Crippen molar-refractivity contribution in [1.29, 1.82) is 0 Å². The molecular formula is C17H26ClNO2Si. The van der Waals surface area contributed by atoms with E-state index in [4.69, 9.17) is 16.0 Å². The monoisotopic (exact) mass is 339 g/mol. The molecule has 0 unspecified atom stereocenters. The number of fused-ring (bicyclic) bond motifs is 1. The van der Waals surface area contributed by atoms with Gasteiger partial charge in [0.2, 0.25) is 5.91 Å². The van der Waals surface area contributed by atoms with Crippen LogP contribution in [0.25, 0.3) is 0 Å². The van der Waals surface area contributed by atoms with Crippen LogP contribution in [0.4, 0.5) is 5.69 Å². The van der Waals surface area contributed by atoms with E-state index in [9.17, 15) is 4.79 Å². The average molecular weight is 340 g/mol. The highest BCUT2D eigenvalue weighted by atomic mass is 35.5. The molecule has 0 saturated carbocycles. The van der Waals surface area contributed by atoms with Gasteiger partial charge in [0.1, 0.15) is 0 Å². The molecule has 1 aromatic carbocycles. The second-order valence-corrected chi connectivity index (χ2v) is 12.6. The van der Waals surface area contributed by atoms with Crippen LogP contribution in [0.15, 0.2) is 18.2 Å². The second kappa shape index (κ2) is 6.34. The van der Waals surface area contributed by atoms with Crippen molar-refractivity contribution in [2.24, 2.45) is 0 Å². The quantitative estimate of drug-likeness (QED) is 0.627. The van der Waals surface area contributed by atoms with E-state index in [0.29, 0.717) is 12.3 Å². The zero-order valence-electron chi connectivity index (χ0n) is 14.1. The van der Waals surface area contributed by atoms with Gasteiger partial charge in [0.05, 0.1) is 12.0 Å². The number of aryl methyl sites for hydroxylation is 1. The van der Waals surface area contributed by atoms with Gasteiger partial charge in [-0.1, -0.05) is 32.9 Å². The minimum absolute atomic E-state index is 0.0895. The molecule has 1 aliphatic rings. The summed E-state index contributed by atoms with van der Waals surface area (Å²) in [5.74, 6) is 0.532. The van der Waals surface area contributed by atoms with E-state index >= 15 is 0 Å². The Balaban J connectivity index is 2.23. The third-order valence-electron chi connectivity index (χ3n) is 4.78. The number of rotatable bonds is 4. The number of hydrogen-bond donors (Lipinski definition) is 1. The molecule has 1 heterocycles. The van der Waals surface area contributed by atoms with Crippen LogP contribution in [-0.2, 0) is 15.6 Å². The summed E-state index contributed by atoms with van der Waals surface area (Å²) >= 11 is 6.19. The van der Waals surface area contributed by atoms with Crippen molar-refractivity contribution < 1.29 is 9.22 Å². The van der Waals surface area contributed by atoms with Gasteiger partial charge in [-0.15, -0.1) is 11.6 Å². The highest BCUT2D eigenvalue weighted by molar-refractivity contribution is 6.74. The van der Waals surface area contributed by atoms with Crippen LogP contribution in [0.1, 0.15) is 44.4 Å². The minimum atomic E-state index is -1.87. The Morgan fingerprint density at radius 1 is 1.32 bits per heavy atom. The molecule has 5 heteroatoms. The van der Waals surface area contributed by atoms with Gasteiger partial charge in [-0.25, -0.2) is 0 Å². The molecule has 1 atom stereocenters. The maximum atomic E-state index is 11.4.